The summed E-state index contributed by atoms with van der Waals surface area (Å²) in [5, 5.41) is 14.9. The molecule has 0 radical (unpaired) electrons. The maximum absolute atomic E-state index is 12.4. The quantitative estimate of drug-likeness (QED) is 0.545. The van der Waals surface area contributed by atoms with Crippen LogP contribution in [0.5, 0.6) is 11.5 Å². The molecule has 0 saturated heterocycles. The normalized spacial score (nSPS) is 10.5. The number of rotatable bonds is 8. The highest BCUT2D eigenvalue weighted by molar-refractivity contribution is 9.10. The number of halogens is 1. The molecule has 0 unspecified atom stereocenters. The average molecular weight is 464 g/mol. The van der Waals surface area contributed by atoms with Crippen LogP contribution >= 0.6 is 27.7 Å². The lowest BCUT2D eigenvalue weighted by Gasteiger charge is -2.13. The molecule has 0 fully saturated rings. The van der Waals surface area contributed by atoms with E-state index < -0.39 is 0 Å². The van der Waals surface area contributed by atoms with Crippen molar-refractivity contribution in [3.05, 3.63) is 46.9 Å². The van der Waals surface area contributed by atoms with Gasteiger partial charge < -0.3 is 14.8 Å². The van der Waals surface area contributed by atoms with Crippen LogP contribution in [0.15, 0.2) is 57.0 Å². The molecule has 1 N–H and O–H groups in total. The Morgan fingerprint density at radius 2 is 1.96 bits per heavy atom. The Kier molecular flexibility index (Phi) is 6.88. The van der Waals surface area contributed by atoms with Crippen molar-refractivity contribution in [3.8, 4) is 11.5 Å². The van der Waals surface area contributed by atoms with Crippen LogP contribution < -0.4 is 14.8 Å². The Labute approximate surface area is 174 Å². The molecule has 0 saturated carbocycles. The first kappa shape index (κ1) is 20.2. The Morgan fingerprint density at radius 1 is 1.21 bits per heavy atom. The van der Waals surface area contributed by atoms with Gasteiger partial charge in [-0.2, -0.15) is 0 Å². The van der Waals surface area contributed by atoms with Crippen molar-refractivity contribution in [2.45, 2.75) is 17.0 Å². The molecule has 28 heavy (non-hydrogen) atoms. The molecular formula is C18H18BrN5O3S. The van der Waals surface area contributed by atoms with Gasteiger partial charge in [-0.15, -0.1) is 5.10 Å². The van der Waals surface area contributed by atoms with Gasteiger partial charge >= 0.3 is 0 Å². The summed E-state index contributed by atoms with van der Waals surface area (Å²) >= 11 is 4.78. The summed E-state index contributed by atoms with van der Waals surface area (Å²) < 4.78 is 13.5. The summed E-state index contributed by atoms with van der Waals surface area (Å²) in [5.41, 5.74) is 0.633. The third-order valence-electron chi connectivity index (χ3n) is 3.51. The number of tetrazole rings is 1. The third kappa shape index (κ3) is 5.23. The maximum atomic E-state index is 12.4. The van der Waals surface area contributed by atoms with Crippen LogP contribution in [0.4, 0.5) is 5.69 Å². The van der Waals surface area contributed by atoms with Gasteiger partial charge in [0.15, 0.2) is 18.1 Å². The van der Waals surface area contributed by atoms with Crippen molar-refractivity contribution < 1.29 is 14.3 Å². The number of hydrogen-bond acceptors (Lipinski definition) is 7. The number of anilines is 1. The lowest BCUT2D eigenvalue weighted by molar-refractivity contribution is -0.118. The van der Waals surface area contributed by atoms with E-state index in [9.17, 15) is 4.79 Å². The van der Waals surface area contributed by atoms with Crippen molar-refractivity contribution in [2.24, 2.45) is 7.05 Å². The average Bonchev–Trinajstić information content (AvgIpc) is 3.08. The molecule has 2 aromatic carbocycles. The van der Waals surface area contributed by atoms with Crippen LogP contribution in [0.1, 0.15) is 6.92 Å². The molecule has 1 aromatic heterocycles. The Bertz CT molecular complexity index is 966. The predicted octanol–water partition coefficient (Wildman–Crippen LogP) is 3.54. The largest absolute Gasteiger partial charge is 0.490 e. The number of aromatic nitrogens is 4. The van der Waals surface area contributed by atoms with E-state index in [1.165, 1.54) is 11.8 Å². The number of amides is 1. The van der Waals surface area contributed by atoms with Crippen LogP contribution in [0, 0.1) is 0 Å². The van der Waals surface area contributed by atoms with E-state index in [0.717, 1.165) is 9.37 Å². The second-order valence-corrected chi connectivity index (χ2v) is 7.47. The number of ether oxygens (including phenoxy) is 2. The Morgan fingerprint density at radius 3 is 2.64 bits per heavy atom. The minimum Gasteiger partial charge on any atom is -0.490 e. The number of nitrogens with zero attached hydrogens (tertiary/aromatic N) is 4. The Hall–Kier alpha value is -2.59. The third-order valence-corrected chi connectivity index (χ3v) is 5.10. The van der Waals surface area contributed by atoms with Crippen LogP contribution in [-0.2, 0) is 11.8 Å². The first-order valence-electron chi connectivity index (χ1n) is 8.41. The number of aryl methyl sites for hydroxylation is 1. The summed E-state index contributed by atoms with van der Waals surface area (Å²) in [6, 6.07) is 12.8. The summed E-state index contributed by atoms with van der Waals surface area (Å²) in [6.45, 7) is 2.26. The summed E-state index contributed by atoms with van der Waals surface area (Å²) in [7, 11) is 1.75. The molecule has 1 amide bonds. The first-order chi connectivity index (χ1) is 13.6. The summed E-state index contributed by atoms with van der Waals surface area (Å²) in [5.74, 6) is 0.835. The SMILES string of the molecule is CCOc1ccccc1OCC(=O)Nc1cc(Br)ccc1Sc1nnnn1C. The minimum atomic E-state index is -0.289. The van der Waals surface area contributed by atoms with E-state index in [0.29, 0.717) is 28.9 Å². The highest BCUT2D eigenvalue weighted by Crippen LogP contribution is 2.34. The molecule has 1 heterocycles. The number of hydrogen-bond donors (Lipinski definition) is 1. The summed E-state index contributed by atoms with van der Waals surface area (Å²) in [4.78, 5) is 13.3. The molecule has 3 aromatic rings. The van der Waals surface area contributed by atoms with Crippen LogP contribution in [0.25, 0.3) is 0 Å². The zero-order valence-corrected chi connectivity index (χ0v) is 17.7. The molecule has 0 aliphatic carbocycles. The number of benzene rings is 2. The van der Waals surface area contributed by atoms with Crippen LogP contribution in [0.3, 0.4) is 0 Å². The van der Waals surface area contributed by atoms with Crippen molar-refractivity contribution in [3.63, 3.8) is 0 Å². The zero-order valence-electron chi connectivity index (χ0n) is 15.3. The second kappa shape index (κ2) is 9.56. The zero-order chi connectivity index (χ0) is 19.9. The molecule has 146 valence electrons. The summed E-state index contributed by atoms with van der Waals surface area (Å²) in [6.07, 6.45) is 0. The van der Waals surface area contributed by atoms with Gasteiger partial charge in [0, 0.05) is 16.4 Å². The van der Waals surface area contributed by atoms with E-state index in [2.05, 4.69) is 36.8 Å². The van der Waals surface area contributed by atoms with Gasteiger partial charge in [-0.05, 0) is 59.4 Å². The van der Waals surface area contributed by atoms with Crippen molar-refractivity contribution in [1.82, 2.24) is 20.2 Å². The van der Waals surface area contributed by atoms with Gasteiger partial charge in [-0.1, -0.05) is 28.1 Å². The fourth-order valence-corrected chi connectivity index (χ4v) is 3.43. The van der Waals surface area contributed by atoms with E-state index in [1.54, 1.807) is 23.9 Å². The molecule has 10 heteroatoms. The molecule has 0 aliphatic rings. The highest BCUT2D eigenvalue weighted by atomic mass is 79.9. The fourth-order valence-electron chi connectivity index (χ4n) is 2.27. The molecule has 0 bridgehead atoms. The minimum absolute atomic E-state index is 0.147. The van der Waals surface area contributed by atoms with E-state index in [-0.39, 0.29) is 12.5 Å². The van der Waals surface area contributed by atoms with Gasteiger partial charge in [0.2, 0.25) is 5.16 Å². The lowest BCUT2D eigenvalue weighted by atomic mass is 10.3. The maximum Gasteiger partial charge on any atom is 0.262 e. The fraction of sp³-hybridized carbons (Fsp3) is 0.222. The van der Waals surface area contributed by atoms with Gasteiger partial charge in [0.05, 0.1) is 12.3 Å². The number of carbonyl (C=O) groups excluding carboxylic acids is 1. The van der Waals surface area contributed by atoms with Gasteiger partial charge in [0.1, 0.15) is 0 Å². The predicted molar refractivity (Wildman–Crippen MR) is 109 cm³/mol. The van der Waals surface area contributed by atoms with Crippen molar-refractivity contribution in [2.75, 3.05) is 18.5 Å². The van der Waals surface area contributed by atoms with Gasteiger partial charge in [-0.3, -0.25) is 4.79 Å². The van der Waals surface area contributed by atoms with Crippen molar-refractivity contribution >= 4 is 39.3 Å². The number of carbonyl (C=O) groups is 1. The molecule has 0 aliphatic heterocycles. The smallest absolute Gasteiger partial charge is 0.262 e. The molecule has 0 spiro atoms. The molecule has 3 rings (SSSR count). The molecule has 0 atom stereocenters. The number of nitrogens with one attached hydrogen (secondary N) is 1. The van der Waals surface area contributed by atoms with E-state index >= 15 is 0 Å². The lowest BCUT2D eigenvalue weighted by Crippen LogP contribution is -2.20. The van der Waals surface area contributed by atoms with Gasteiger partial charge in [-0.25, -0.2) is 4.68 Å². The number of para-hydroxylation sites is 2. The Balaban J connectivity index is 1.68. The van der Waals surface area contributed by atoms with E-state index in [1.807, 2.05) is 37.3 Å². The topological polar surface area (TPSA) is 91.2 Å². The molecule has 8 nitrogen and oxygen atoms in total. The monoisotopic (exact) mass is 463 g/mol. The first-order valence-corrected chi connectivity index (χ1v) is 10.0. The molecular weight excluding hydrogens is 446 g/mol. The highest BCUT2D eigenvalue weighted by Gasteiger charge is 2.13. The van der Waals surface area contributed by atoms with Crippen molar-refractivity contribution in [1.29, 1.82) is 0 Å². The van der Waals surface area contributed by atoms with E-state index in [4.69, 9.17) is 9.47 Å². The van der Waals surface area contributed by atoms with Crippen LogP contribution in [0.2, 0.25) is 0 Å². The van der Waals surface area contributed by atoms with Crippen LogP contribution in [-0.4, -0.2) is 39.3 Å². The second-order valence-electron chi connectivity index (χ2n) is 5.54. The van der Waals surface area contributed by atoms with Gasteiger partial charge in [0.25, 0.3) is 5.91 Å². The standard InChI is InChI=1S/C18H18BrN5O3S/c1-3-26-14-6-4-5-7-15(14)27-11-17(25)20-13-10-12(19)8-9-16(13)28-18-21-22-23-24(18)2/h4-10H,3,11H2,1-2H3,(H,20,25).